The first kappa shape index (κ1) is 14.8. The maximum absolute atomic E-state index is 3.99. The largest absolute Gasteiger partial charge is 0.313 e. The molecule has 0 aromatic carbocycles. The van der Waals surface area contributed by atoms with Gasteiger partial charge in [0.05, 0.1) is 0 Å². The highest BCUT2D eigenvalue weighted by atomic mass is 15.1. The molecule has 1 N–H and O–H groups in total. The van der Waals surface area contributed by atoms with E-state index in [0.717, 1.165) is 17.9 Å². The van der Waals surface area contributed by atoms with Crippen molar-refractivity contribution < 1.29 is 0 Å². The Morgan fingerprint density at radius 2 is 1.90 bits per heavy atom. The number of hydrogen-bond donors (Lipinski definition) is 1. The highest BCUT2D eigenvalue weighted by Gasteiger charge is 2.58. The van der Waals surface area contributed by atoms with Crippen LogP contribution < -0.4 is 5.32 Å². The van der Waals surface area contributed by atoms with Gasteiger partial charge in [0.25, 0.3) is 0 Å². The first-order valence-corrected chi connectivity index (χ1v) is 8.87. The molecule has 3 rings (SSSR count). The molecule has 2 saturated carbocycles. The quantitative estimate of drug-likeness (QED) is 0.828. The molecule has 4 atom stereocenters. The molecule has 0 aromatic heterocycles. The molecule has 116 valence electrons. The van der Waals surface area contributed by atoms with Crippen LogP contribution in [0.1, 0.15) is 59.8 Å². The second-order valence-electron chi connectivity index (χ2n) is 8.87. The van der Waals surface area contributed by atoms with Crippen molar-refractivity contribution in [2.75, 3.05) is 26.2 Å². The van der Waals surface area contributed by atoms with E-state index in [1.54, 1.807) is 0 Å². The molecule has 2 heteroatoms. The molecule has 2 bridgehead atoms. The average Bonchev–Trinajstić information content (AvgIpc) is 3.02. The second kappa shape index (κ2) is 5.28. The molecule has 4 unspecified atom stereocenters. The van der Waals surface area contributed by atoms with Gasteiger partial charge in [0, 0.05) is 12.6 Å². The number of fused-ring (bicyclic) bond motifs is 2. The van der Waals surface area contributed by atoms with Gasteiger partial charge in [-0.3, -0.25) is 0 Å². The summed E-state index contributed by atoms with van der Waals surface area (Å²) < 4.78 is 0. The minimum atomic E-state index is 0.500. The van der Waals surface area contributed by atoms with Crippen molar-refractivity contribution in [1.82, 2.24) is 10.2 Å². The zero-order chi connectivity index (χ0) is 14.4. The third-order valence-electron chi connectivity index (χ3n) is 6.71. The molecular weight excluding hydrogens is 244 g/mol. The molecule has 1 saturated heterocycles. The van der Waals surface area contributed by atoms with Crippen molar-refractivity contribution in [2.45, 2.75) is 65.8 Å². The summed E-state index contributed by atoms with van der Waals surface area (Å²) >= 11 is 0. The summed E-state index contributed by atoms with van der Waals surface area (Å²) in [6.45, 7) is 15.1. The summed E-state index contributed by atoms with van der Waals surface area (Å²) in [5, 5.41) is 3.99. The van der Waals surface area contributed by atoms with E-state index in [1.165, 1.54) is 58.3 Å². The van der Waals surface area contributed by atoms with E-state index in [9.17, 15) is 0 Å². The lowest BCUT2D eigenvalue weighted by Gasteiger charge is -2.44. The summed E-state index contributed by atoms with van der Waals surface area (Å²) in [5.41, 5.74) is 1.07. The molecule has 3 fully saturated rings. The number of nitrogens with one attached hydrogen (secondary N) is 1. The molecule has 0 aromatic rings. The predicted molar refractivity (Wildman–Crippen MR) is 85.9 cm³/mol. The van der Waals surface area contributed by atoms with Gasteiger partial charge in [-0.15, -0.1) is 0 Å². The zero-order valence-electron chi connectivity index (χ0n) is 14.0. The Labute approximate surface area is 125 Å². The Kier molecular flexibility index (Phi) is 3.92. The fraction of sp³-hybridized carbons (Fsp3) is 1.00. The average molecular weight is 278 g/mol. The van der Waals surface area contributed by atoms with E-state index in [4.69, 9.17) is 0 Å². The predicted octanol–water partition coefficient (Wildman–Crippen LogP) is 3.52. The van der Waals surface area contributed by atoms with Crippen LogP contribution in [0.15, 0.2) is 0 Å². The molecule has 2 aliphatic carbocycles. The Morgan fingerprint density at radius 3 is 2.50 bits per heavy atom. The van der Waals surface area contributed by atoms with Gasteiger partial charge >= 0.3 is 0 Å². The molecule has 0 radical (unpaired) electrons. The van der Waals surface area contributed by atoms with E-state index in [0.29, 0.717) is 10.8 Å². The van der Waals surface area contributed by atoms with E-state index >= 15 is 0 Å². The molecule has 20 heavy (non-hydrogen) atoms. The van der Waals surface area contributed by atoms with Crippen LogP contribution >= 0.6 is 0 Å². The van der Waals surface area contributed by atoms with E-state index in [1.807, 2.05) is 0 Å². The third-order valence-corrected chi connectivity index (χ3v) is 6.71. The van der Waals surface area contributed by atoms with Gasteiger partial charge in [0.2, 0.25) is 0 Å². The van der Waals surface area contributed by atoms with Crippen LogP contribution in [0.5, 0.6) is 0 Å². The summed E-state index contributed by atoms with van der Waals surface area (Å²) in [4.78, 5) is 2.65. The third kappa shape index (κ3) is 2.54. The Bertz CT molecular complexity index is 341. The lowest BCUT2D eigenvalue weighted by molar-refractivity contribution is 0.104. The van der Waals surface area contributed by atoms with Crippen molar-refractivity contribution in [3.05, 3.63) is 0 Å². The van der Waals surface area contributed by atoms with E-state index in [2.05, 4.69) is 37.9 Å². The lowest BCUT2D eigenvalue weighted by atomic mass is 9.68. The fourth-order valence-corrected chi connectivity index (χ4v) is 5.60. The fourth-order valence-electron chi connectivity index (χ4n) is 5.60. The van der Waals surface area contributed by atoms with E-state index in [-0.39, 0.29) is 0 Å². The molecule has 3 aliphatic rings. The Morgan fingerprint density at radius 1 is 1.20 bits per heavy atom. The number of nitrogens with zero attached hydrogens (tertiary/aromatic N) is 1. The molecular formula is C18H34N2. The number of rotatable bonds is 5. The summed E-state index contributed by atoms with van der Waals surface area (Å²) in [6.07, 6.45) is 7.19. The standard InChI is InChI=1S/C18H34N2/c1-14(13-20-9-5-6-10-20)12-19-16-17(2,3)15-7-8-18(16,4)11-15/h14-16,19H,5-13H2,1-4H3. The van der Waals surface area contributed by atoms with Crippen LogP contribution in [0.2, 0.25) is 0 Å². The molecule has 0 amide bonds. The van der Waals surface area contributed by atoms with Crippen molar-refractivity contribution in [1.29, 1.82) is 0 Å². The van der Waals surface area contributed by atoms with Crippen LogP contribution in [0.4, 0.5) is 0 Å². The van der Waals surface area contributed by atoms with Gasteiger partial charge in [-0.05, 0) is 74.4 Å². The van der Waals surface area contributed by atoms with Crippen LogP contribution in [0.25, 0.3) is 0 Å². The second-order valence-corrected chi connectivity index (χ2v) is 8.87. The Hall–Kier alpha value is -0.0800. The minimum absolute atomic E-state index is 0.500. The van der Waals surface area contributed by atoms with Crippen LogP contribution in [-0.4, -0.2) is 37.1 Å². The summed E-state index contributed by atoms with van der Waals surface area (Å²) in [6, 6.07) is 0.731. The number of hydrogen-bond acceptors (Lipinski definition) is 2. The molecule has 1 heterocycles. The van der Waals surface area contributed by atoms with Gasteiger partial charge in [0.15, 0.2) is 0 Å². The van der Waals surface area contributed by atoms with Crippen LogP contribution in [-0.2, 0) is 0 Å². The van der Waals surface area contributed by atoms with Gasteiger partial charge in [-0.2, -0.15) is 0 Å². The highest BCUT2D eigenvalue weighted by Crippen LogP contribution is 2.62. The van der Waals surface area contributed by atoms with Crippen molar-refractivity contribution >= 4 is 0 Å². The van der Waals surface area contributed by atoms with Gasteiger partial charge in [0.1, 0.15) is 0 Å². The maximum atomic E-state index is 3.99. The summed E-state index contributed by atoms with van der Waals surface area (Å²) in [5.74, 6) is 1.74. The van der Waals surface area contributed by atoms with Crippen LogP contribution in [0.3, 0.4) is 0 Å². The number of likely N-dealkylation sites (tertiary alicyclic amines) is 1. The summed E-state index contributed by atoms with van der Waals surface area (Å²) in [7, 11) is 0. The van der Waals surface area contributed by atoms with Gasteiger partial charge < -0.3 is 10.2 Å². The molecule has 2 nitrogen and oxygen atoms in total. The molecule has 1 aliphatic heterocycles. The maximum Gasteiger partial charge on any atom is 0.0175 e. The Balaban J connectivity index is 1.52. The SMILES string of the molecule is CC(CNC1C2(C)CCC(C2)C1(C)C)CN1CCCC1. The van der Waals surface area contributed by atoms with E-state index < -0.39 is 0 Å². The van der Waals surface area contributed by atoms with Crippen molar-refractivity contribution in [3.63, 3.8) is 0 Å². The topological polar surface area (TPSA) is 15.3 Å². The molecule has 0 spiro atoms. The minimum Gasteiger partial charge on any atom is -0.313 e. The smallest absolute Gasteiger partial charge is 0.0175 e. The van der Waals surface area contributed by atoms with Gasteiger partial charge in [-0.1, -0.05) is 27.7 Å². The lowest BCUT2D eigenvalue weighted by Crippen LogP contribution is -2.51. The van der Waals surface area contributed by atoms with Crippen LogP contribution in [0, 0.1) is 22.7 Å². The van der Waals surface area contributed by atoms with Gasteiger partial charge in [-0.25, -0.2) is 0 Å². The highest BCUT2D eigenvalue weighted by molar-refractivity contribution is 5.12. The van der Waals surface area contributed by atoms with Crippen molar-refractivity contribution in [2.24, 2.45) is 22.7 Å². The first-order chi connectivity index (χ1) is 9.42. The monoisotopic (exact) mass is 278 g/mol. The normalized spacial score (nSPS) is 41.4. The zero-order valence-corrected chi connectivity index (χ0v) is 14.0. The van der Waals surface area contributed by atoms with Crippen molar-refractivity contribution in [3.8, 4) is 0 Å². The first-order valence-electron chi connectivity index (χ1n) is 8.87.